The molecule has 0 aliphatic carbocycles. The topological polar surface area (TPSA) is 86.8 Å². The SMILES string of the molecule is CC(C)(O)C(C)(C)O[B]c1ccc2c(c1)oc1ccc(-c3nc4c5c(n3)Oc3ccccc3B5c3ccccc3O4)cc12. The molecule has 2 aliphatic rings. The van der Waals surface area contributed by atoms with Gasteiger partial charge in [0, 0.05) is 16.3 Å². The molecule has 7 nitrogen and oxygen atoms in total. The van der Waals surface area contributed by atoms with Gasteiger partial charge in [-0.15, -0.1) is 0 Å². The lowest BCUT2D eigenvalue weighted by atomic mass is 9.35. The number of para-hydroxylation sites is 2. The van der Waals surface area contributed by atoms with Gasteiger partial charge in [0.05, 0.1) is 16.7 Å². The predicted octanol–water partition coefficient (Wildman–Crippen LogP) is 4.58. The number of nitrogens with zero attached hydrogens (tertiary/aromatic N) is 2. The highest BCUT2D eigenvalue weighted by Gasteiger charge is 2.42. The van der Waals surface area contributed by atoms with Gasteiger partial charge >= 0.3 is 7.48 Å². The Morgan fingerprint density at radius 2 is 1.40 bits per heavy atom. The van der Waals surface area contributed by atoms with Gasteiger partial charge in [0.2, 0.25) is 11.8 Å². The number of rotatable bonds is 5. The zero-order valence-corrected chi connectivity index (χ0v) is 24.2. The van der Waals surface area contributed by atoms with Gasteiger partial charge in [0.1, 0.15) is 22.7 Å². The van der Waals surface area contributed by atoms with E-state index in [2.05, 4.69) is 12.1 Å². The van der Waals surface area contributed by atoms with E-state index in [0.29, 0.717) is 17.6 Å². The molecule has 0 saturated heterocycles. The molecule has 8 rings (SSSR count). The van der Waals surface area contributed by atoms with Gasteiger partial charge in [-0.3, -0.25) is 0 Å². The smallest absolute Gasteiger partial charge is 0.331 e. The second-order valence-corrected chi connectivity index (χ2v) is 12.2. The number of fused-ring (bicyclic) bond motifs is 7. The minimum absolute atomic E-state index is 0.0711. The first-order valence-corrected chi connectivity index (χ1v) is 14.3. The van der Waals surface area contributed by atoms with E-state index in [9.17, 15) is 5.11 Å². The van der Waals surface area contributed by atoms with Crippen molar-refractivity contribution in [1.82, 2.24) is 9.97 Å². The fourth-order valence-corrected chi connectivity index (χ4v) is 5.64. The highest BCUT2D eigenvalue weighted by atomic mass is 16.5. The maximum atomic E-state index is 10.4. The summed E-state index contributed by atoms with van der Waals surface area (Å²) < 4.78 is 24.8. The van der Waals surface area contributed by atoms with E-state index < -0.39 is 11.2 Å². The Morgan fingerprint density at radius 1 is 0.744 bits per heavy atom. The molecule has 2 aliphatic heterocycles. The van der Waals surface area contributed by atoms with Crippen LogP contribution in [-0.4, -0.2) is 40.5 Å². The fourth-order valence-electron chi connectivity index (χ4n) is 5.64. The van der Waals surface area contributed by atoms with Gasteiger partial charge in [-0.05, 0) is 80.5 Å². The molecule has 0 spiro atoms. The summed E-state index contributed by atoms with van der Waals surface area (Å²) in [6, 6.07) is 28.0. The Morgan fingerprint density at radius 3 is 2.05 bits per heavy atom. The van der Waals surface area contributed by atoms with Crippen molar-refractivity contribution in [3.8, 4) is 34.6 Å². The van der Waals surface area contributed by atoms with Crippen molar-refractivity contribution in [2.24, 2.45) is 0 Å². The van der Waals surface area contributed by atoms with Crippen molar-refractivity contribution in [3.63, 3.8) is 0 Å². The van der Waals surface area contributed by atoms with E-state index in [1.165, 1.54) is 0 Å². The van der Waals surface area contributed by atoms with Crippen LogP contribution in [0.25, 0.3) is 33.3 Å². The van der Waals surface area contributed by atoms with Gasteiger partial charge in [0.15, 0.2) is 5.82 Å². The number of hydrogen-bond donors (Lipinski definition) is 1. The quantitative estimate of drug-likeness (QED) is 0.306. The van der Waals surface area contributed by atoms with Gasteiger partial charge in [-0.2, -0.15) is 9.97 Å². The summed E-state index contributed by atoms with van der Waals surface area (Å²) in [7, 11) is 1.66. The van der Waals surface area contributed by atoms with Crippen molar-refractivity contribution >= 4 is 58.0 Å². The van der Waals surface area contributed by atoms with E-state index in [1.807, 2.05) is 86.6 Å². The third kappa shape index (κ3) is 4.14. The summed E-state index contributed by atoms with van der Waals surface area (Å²) >= 11 is 0. The number of aliphatic hydroxyl groups is 1. The number of ether oxygens (including phenoxy) is 2. The van der Waals surface area contributed by atoms with Crippen LogP contribution in [0.5, 0.6) is 23.3 Å². The maximum Gasteiger partial charge on any atom is 0.331 e. The van der Waals surface area contributed by atoms with E-state index in [0.717, 1.165) is 60.9 Å². The molecule has 209 valence electrons. The molecule has 0 fully saturated rings. The second kappa shape index (κ2) is 9.20. The van der Waals surface area contributed by atoms with Gasteiger partial charge in [0.25, 0.3) is 6.71 Å². The van der Waals surface area contributed by atoms with E-state index >= 15 is 0 Å². The lowest BCUT2D eigenvalue weighted by Gasteiger charge is -2.37. The van der Waals surface area contributed by atoms with E-state index in [-0.39, 0.29) is 6.71 Å². The molecule has 0 bridgehead atoms. The van der Waals surface area contributed by atoms with Crippen LogP contribution in [0.3, 0.4) is 0 Å². The second-order valence-electron chi connectivity index (χ2n) is 12.2. The lowest BCUT2D eigenvalue weighted by Crippen LogP contribution is -2.57. The average Bonchev–Trinajstić information content (AvgIpc) is 3.36. The van der Waals surface area contributed by atoms with Gasteiger partial charge < -0.3 is 23.7 Å². The van der Waals surface area contributed by atoms with Crippen molar-refractivity contribution in [3.05, 3.63) is 84.9 Å². The molecule has 0 atom stereocenters. The Balaban J connectivity index is 1.19. The number of hydrogen-bond acceptors (Lipinski definition) is 7. The Bertz CT molecular complexity index is 2010. The average molecular weight is 565 g/mol. The maximum absolute atomic E-state index is 10.4. The normalized spacial score (nSPS) is 13.7. The van der Waals surface area contributed by atoms with Gasteiger partial charge in [-0.25, -0.2) is 0 Å². The fraction of sp³-hybridized carbons (Fsp3) is 0.176. The summed E-state index contributed by atoms with van der Waals surface area (Å²) in [5, 5.41) is 12.3. The zero-order chi connectivity index (χ0) is 29.5. The van der Waals surface area contributed by atoms with E-state index in [4.69, 9.17) is 28.5 Å². The summed E-state index contributed by atoms with van der Waals surface area (Å²) in [5.41, 5.74) is 4.35. The molecule has 43 heavy (non-hydrogen) atoms. The minimum Gasteiger partial charge on any atom is -0.456 e. The van der Waals surface area contributed by atoms with E-state index in [1.54, 1.807) is 21.3 Å². The van der Waals surface area contributed by atoms with Crippen molar-refractivity contribution in [2.75, 3.05) is 0 Å². The number of aromatic nitrogens is 2. The lowest BCUT2D eigenvalue weighted by molar-refractivity contribution is -0.0893. The third-order valence-electron chi connectivity index (χ3n) is 8.75. The van der Waals surface area contributed by atoms with Crippen molar-refractivity contribution in [2.45, 2.75) is 38.9 Å². The molecule has 6 aromatic rings. The standard InChI is InChI=1S/C34H27B2N2O5/c1-33(2,39)34(3,4)43-35-20-14-15-21-22-17-19(13-16-25(22)40-28(21)18-20)30-37-31-29-32(38-30)42-27-12-8-6-10-24(27)36(29)23-9-5-7-11-26(23)41-31/h5-18,39H,1-4H3. The molecule has 9 heteroatoms. The molecule has 0 amide bonds. The number of benzene rings is 4. The first-order chi connectivity index (χ1) is 20.7. The monoisotopic (exact) mass is 565 g/mol. The molecule has 0 saturated carbocycles. The molecular weight excluding hydrogens is 538 g/mol. The summed E-state index contributed by atoms with van der Waals surface area (Å²) in [5.74, 6) is 3.08. The van der Waals surface area contributed by atoms with Crippen LogP contribution >= 0.6 is 0 Å². The van der Waals surface area contributed by atoms with Crippen LogP contribution in [0.2, 0.25) is 0 Å². The van der Waals surface area contributed by atoms with Crippen LogP contribution in [0.1, 0.15) is 27.7 Å². The summed E-state index contributed by atoms with van der Waals surface area (Å²) in [6.45, 7) is 7.11. The minimum atomic E-state index is -1.01. The Kier molecular flexibility index (Phi) is 5.58. The zero-order valence-electron chi connectivity index (χ0n) is 24.2. The third-order valence-corrected chi connectivity index (χ3v) is 8.75. The first kappa shape index (κ1) is 26.1. The molecule has 0 unspecified atom stereocenters. The molecule has 1 N–H and O–H groups in total. The van der Waals surface area contributed by atoms with Crippen LogP contribution in [0.4, 0.5) is 0 Å². The molecule has 2 aromatic heterocycles. The summed E-state index contributed by atoms with van der Waals surface area (Å²) in [6.07, 6.45) is 0. The summed E-state index contributed by atoms with van der Waals surface area (Å²) in [4.78, 5) is 9.83. The number of furan rings is 1. The molecular formula is C34H27B2N2O5. The van der Waals surface area contributed by atoms with Crippen LogP contribution < -0.4 is 31.3 Å². The molecule has 4 heterocycles. The largest absolute Gasteiger partial charge is 0.456 e. The molecule has 4 aromatic carbocycles. The van der Waals surface area contributed by atoms with Crippen molar-refractivity contribution in [1.29, 1.82) is 0 Å². The predicted molar refractivity (Wildman–Crippen MR) is 169 cm³/mol. The van der Waals surface area contributed by atoms with Crippen LogP contribution in [0.15, 0.2) is 89.3 Å². The highest BCUT2D eigenvalue weighted by Crippen LogP contribution is 2.36. The molecule has 1 radical (unpaired) electrons. The van der Waals surface area contributed by atoms with Crippen LogP contribution in [-0.2, 0) is 4.65 Å². The van der Waals surface area contributed by atoms with Gasteiger partial charge in [-0.1, -0.05) is 48.5 Å². The van der Waals surface area contributed by atoms with Crippen molar-refractivity contribution < 1.29 is 23.7 Å². The first-order valence-electron chi connectivity index (χ1n) is 14.3. The van der Waals surface area contributed by atoms with Crippen LogP contribution in [0, 0.1) is 0 Å². The highest BCUT2D eigenvalue weighted by molar-refractivity contribution is 6.98. The Hall–Kier alpha value is -4.59. The Labute approximate surface area is 249 Å².